The van der Waals surface area contributed by atoms with Crippen LogP contribution >= 0.6 is 0 Å². The van der Waals surface area contributed by atoms with Gasteiger partial charge in [0.15, 0.2) is 0 Å². The lowest BCUT2D eigenvalue weighted by Gasteiger charge is -2.12. The molecule has 2 aromatic rings. The topological polar surface area (TPSA) is 76.1 Å². The van der Waals surface area contributed by atoms with Crippen molar-refractivity contribution in [3.63, 3.8) is 0 Å². The fraction of sp³-hybridized carbons (Fsp3) is 0.389. The number of hydrogen-bond donors (Lipinski definition) is 2. The Bertz CT molecular complexity index is 706. The number of carbonyl (C=O) groups excluding carboxylic acids is 1. The second-order valence-corrected chi connectivity index (χ2v) is 5.99. The molecule has 0 saturated carbocycles. The summed E-state index contributed by atoms with van der Waals surface area (Å²) < 4.78 is 5.41. The van der Waals surface area contributed by atoms with Crippen molar-refractivity contribution in [1.82, 2.24) is 9.97 Å². The van der Waals surface area contributed by atoms with Crippen LogP contribution in [-0.4, -0.2) is 28.6 Å². The van der Waals surface area contributed by atoms with Crippen LogP contribution in [0.25, 0.3) is 0 Å². The van der Waals surface area contributed by atoms with E-state index in [-0.39, 0.29) is 12.0 Å². The number of anilines is 2. The molecule has 1 amide bonds. The lowest BCUT2D eigenvalue weighted by molar-refractivity contribution is -0.124. The smallest absolute Gasteiger partial charge is 0.253 e. The summed E-state index contributed by atoms with van der Waals surface area (Å²) in [5.74, 6) is 1.48. The second kappa shape index (κ2) is 7.40. The number of rotatable bonds is 5. The Kier molecular flexibility index (Phi) is 5.05. The second-order valence-electron chi connectivity index (χ2n) is 5.99. The molecule has 0 unspecified atom stereocenters. The minimum atomic E-state index is -0.321. The van der Waals surface area contributed by atoms with Gasteiger partial charge in [0, 0.05) is 30.6 Å². The molecule has 126 valence electrons. The highest BCUT2D eigenvalue weighted by Gasteiger charge is 2.23. The Morgan fingerprint density at radius 2 is 2.17 bits per heavy atom. The Morgan fingerprint density at radius 3 is 2.92 bits per heavy atom. The van der Waals surface area contributed by atoms with Crippen LogP contribution < -0.4 is 10.6 Å². The summed E-state index contributed by atoms with van der Waals surface area (Å²) in [5.41, 5.74) is 2.78. The van der Waals surface area contributed by atoms with Gasteiger partial charge in [-0.05, 0) is 44.4 Å². The molecule has 2 N–H and O–H groups in total. The van der Waals surface area contributed by atoms with Gasteiger partial charge in [0.25, 0.3) is 5.91 Å². The van der Waals surface area contributed by atoms with Crippen LogP contribution in [0.15, 0.2) is 30.3 Å². The number of hydrogen-bond acceptors (Lipinski definition) is 5. The predicted molar refractivity (Wildman–Crippen MR) is 92.9 cm³/mol. The molecule has 1 aliphatic heterocycles. The Labute approximate surface area is 141 Å². The molecule has 0 aliphatic carbocycles. The van der Waals surface area contributed by atoms with Crippen molar-refractivity contribution in [1.29, 1.82) is 0 Å². The van der Waals surface area contributed by atoms with Crippen molar-refractivity contribution >= 4 is 17.4 Å². The molecule has 3 rings (SSSR count). The van der Waals surface area contributed by atoms with Gasteiger partial charge < -0.3 is 15.4 Å². The number of nitrogens with one attached hydrogen (secondary N) is 2. The first-order chi connectivity index (χ1) is 11.6. The molecule has 2 heterocycles. The zero-order valence-corrected chi connectivity index (χ0v) is 14.0. The number of carbonyl (C=O) groups is 1. The van der Waals surface area contributed by atoms with E-state index >= 15 is 0 Å². The third-order valence-electron chi connectivity index (χ3n) is 3.86. The summed E-state index contributed by atoms with van der Waals surface area (Å²) in [7, 11) is 0. The molecule has 1 atom stereocenters. The number of ether oxygens (including phenoxy) is 1. The lowest BCUT2D eigenvalue weighted by Crippen LogP contribution is -2.26. The molecular formula is C18H22N4O2. The van der Waals surface area contributed by atoms with Gasteiger partial charge in [0.1, 0.15) is 17.7 Å². The van der Waals surface area contributed by atoms with E-state index in [9.17, 15) is 4.79 Å². The van der Waals surface area contributed by atoms with Crippen molar-refractivity contribution in [3.8, 4) is 0 Å². The van der Waals surface area contributed by atoms with Crippen LogP contribution in [0.2, 0.25) is 0 Å². The quantitative estimate of drug-likeness (QED) is 0.883. The van der Waals surface area contributed by atoms with E-state index in [0.29, 0.717) is 13.2 Å². The number of amides is 1. The predicted octanol–water partition coefficient (Wildman–Crippen LogP) is 2.82. The molecule has 1 fully saturated rings. The maximum Gasteiger partial charge on any atom is 0.253 e. The van der Waals surface area contributed by atoms with E-state index in [2.05, 4.69) is 20.6 Å². The SMILES string of the molecule is Cc1cc(NCc2cccc(NC(=O)[C@@H]3CCCO3)c2)nc(C)n1. The first-order valence-corrected chi connectivity index (χ1v) is 8.18. The lowest BCUT2D eigenvalue weighted by atomic mass is 10.2. The van der Waals surface area contributed by atoms with Crippen molar-refractivity contribution in [2.75, 3.05) is 17.2 Å². The molecule has 24 heavy (non-hydrogen) atoms. The van der Waals surface area contributed by atoms with E-state index in [4.69, 9.17) is 4.74 Å². The van der Waals surface area contributed by atoms with Crippen LogP contribution in [0.4, 0.5) is 11.5 Å². The minimum Gasteiger partial charge on any atom is -0.368 e. The molecule has 1 saturated heterocycles. The molecule has 6 heteroatoms. The summed E-state index contributed by atoms with van der Waals surface area (Å²) in [6.45, 7) is 5.11. The van der Waals surface area contributed by atoms with Gasteiger partial charge in [0.05, 0.1) is 0 Å². The normalized spacial score (nSPS) is 16.8. The summed E-state index contributed by atoms with van der Waals surface area (Å²) in [5, 5.41) is 6.21. The fourth-order valence-electron chi connectivity index (χ4n) is 2.77. The van der Waals surface area contributed by atoms with E-state index in [1.165, 1.54) is 0 Å². The number of aryl methyl sites for hydroxylation is 2. The zero-order valence-electron chi connectivity index (χ0n) is 14.0. The van der Waals surface area contributed by atoms with Crippen LogP contribution in [0, 0.1) is 13.8 Å². The maximum absolute atomic E-state index is 12.1. The van der Waals surface area contributed by atoms with Gasteiger partial charge in [-0.2, -0.15) is 0 Å². The van der Waals surface area contributed by atoms with E-state index < -0.39 is 0 Å². The van der Waals surface area contributed by atoms with Gasteiger partial charge in [-0.15, -0.1) is 0 Å². The molecular weight excluding hydrogens is 304 g/mol. The Balaban J connectivity index is 1.61. The molecule has 0 spiro atoms. The van der Waals surface area contributed by atoms with Crippen molar-refractivity contribution < 1.29 is 9.53 Å². The standard InChI is InChI=1S/C18H22N4O2/c1-12-9-17(21-13(2)20-12)19-11-14-5-3-6-15(10-14)22-18(23)16-7-4-8-24-16/h3,5-6,9-10,16H,4,7-8,11H2,1-2H3,(H,22,23)(H,19,20,21)/t16-/m0/s1. The summed E-state index contributed by atoms with van der Waals surface area (Å²) in [6.07, 6.45) is 1.41. The van der Waals surface area contributed by atoms with Crippen molar-refractivity contribution in [3.05, 3.63) is 47.4 Å². The minimum absolute atomic E-state index is 0.0698. The summed E-state index contributed by atoms with van der Waals surface area (Å²) in [4.78, 5) is 20.7. The van der Waals surface area contributed by atoms with Crippen LogP contribution in [0.3, 0.4) is 0 Å². The fourth-order valence-corrected chi connectivity index (χ4v) is 2.77. The molecule has 0 radical (unpaired) electrons. The van der Waals surface area contributed by atoms with E-state index in [1.54, 1.807) is 0 Å². The zero-order chi connectivity index (χ0) is 16.9. The first-order valence-electron chi connectivity index (χ1n) is 8.18. The average Bonchev–Trinajstić information content (AvgIpc) is 3.07. The number of nitrogens with zero attached hydrogens (tertiary/aromatic N) is 2. The molecule has 1 aromatic carbocycles. The number of aromatic nitrogens is 2. The van der Waals surface area contributed by atoms with Crippen LogP contribution in [0.1, 0.15) is 29.9 Å². The van der Waals surface area contributed by atoms with E-state index in [0.717, 1.165) is 41.4 Å². The maximum atomic E-state index is 12.1. The summed E-state index contributed by atoms with van der Waals surface area (Å²) in [6, 6.07) is 9.69. The van der Waals surface area contributed by atoms with Crippen molar-refractivity contribution in [2.24, 2.45) is 0 Å². The largest absolute Gasteiger partial charge is 0.368 e. The van der Waals surface area contributed by atoms with Gasteiger partial charge in [-0.1, -0.05) is 12.1 Å². The molecule has 1 aliphatic rings. The van der Waals surface area contributed by atoms with Gasteiger partial charge in [0.2, 0.25) is 0 Å². The van der Waals surface area contributed by atoms with Gasteiger partial charge in [-0.3, -0.25) is 4.79 Å². The molecule has 6 nitrogen and oxygen atoms in total. The number of benzene rings is 1. The highest BCUT2D eigenvalue weighted by Crippen LogP contribution is 2.17. The monoisotopic (exact) mass is 326 g/mol. The third-order valence-corrected chi connectivity index (χ3v) is 3.86. The molecule has 0 bridgehead atoms. The van der Waals surface area contributed by atoms with E-state index in [1.807, 2.05) is 44.2 Å². The summed E-state index contributed by atoms with van der Waals surface area (Å²) >= 11 is 0. The highest BCUT2D eigenvalue weighted by atomic mass is 16.5. The van der Waals surface area contributed by atoms with Crippen LogP contribution in [-0.2, 0) is 16.1 Å². The Hall–Kier alpha value is -2.47. The first kappa shape index (κ1) is 16.4. The Morgan fingerprint density at radius 1 is 1.29 bits per heavy atom. The third kappa shape index (κ3) is 4.29. The highest BCUT2D eigenvalue weighted by molar-refractivity contribution is 5.94. The van der Waals surface area contributed by atoms with Crippen molar-refractivity contribution in [2.45, 2.75) is 39.3 Å². The molecule has 1 aromatic heterocycles. The van der Waals surface area contributed by atoms with Gasteiger partial charge in [-0.25, -0.2) is 9.97 Å². The van der Waals surface area contributed by atoms with Gasteiger partial charge >= 0.3 is 0 Å². The average molecular weight is 326 g/mol. The van der Waals surface area contributed by atoms with Crippen LogP contribution in [0.5, 0.6) is 0 Å².